The van der Waals surface area contributed by atoms with E-state index in [0.29, 0.717) is 30.1 Å². The van der Waals surface area contributed by atoms with Crippen molar-refractivity contribution >= 4 is 0 Å². The van der Waals surface area contributed by atoms with Crippen LogP contribution in [-0.4, -0.2) is 26.2 Å². The average Bonchev–Trinajstić information content (AvgIpc) is 3.09. The Balaban J connectivity index is 1.63. The van der Waals surface area contributed by atoms with Gasteiger partial charge in [-0.2, -0.15) is 4.98 Å². The van der Waals surface area contributed by atoms with Crippen molar-refractivity contribution in [2.45, 2.75) is 38.3 Å². The molecule has 18 heavy (non-hydrogen) atoms. The summed E-state index contributed by atoms with van der Waals surface area (Å²) < 4.78 is 5.18. The normalized spacial score (nSPS) is 16.2. The van der Waals surface area contributed by atoms with Crippen molar-refractivity contribution in [2.24, 2.45) is 0 Å². The molecule has 1 saturated carbocycles. The van der Waals surface area contributed by atoms with E-state index in [4.69, 9.17) is 4.52 Å². The fraction of sp³-hybridized carbons (Fsp3) is 0.500. The van der Waals surface area contributed by atoms with E-state index in [1.807, 2.05) is 0 Å². The largest absolute Gasteiger partial charge is 0.337 e. The Labute approximate surface area is 105 Å². The zero-order valence-corrected chi connectivity index (χ0v) is 10.0. The van der Waals surface area contributed by atoms with Gasteiger partial charge >= 0.3 is 0 Å². The standard InChI is InChI=1S/C12H15N5O/c1-2-5-9(4-1)15-8-10-16-12(17-18-10)11-13-6-3-7-14-11/h3,6-7,9,15H,1-2,4-5,8H2. The van der Waals surface area contributed by atoms with Gasteiger partial charge in [-0.25, -0.2) is 9.97 Å². The quantitative estimate of drug-likeness (QED) is 0.880. The van der Waals surface area contributed by atoms with Crippen LogP contribution < -0.4 is 5.32 Å². The molecule has 2 heterocycles. The molecule has 1 fully saturated rings. The van der Waals surface area contributed by atoms with Crippen LogP contribution in [0.2, 0.25) is 0 Å². The van der Waals surface area contributed by atoms with Crippen molar-refractivity contribution in [3.05, 3.63) is 24.4 Å². The van der Waals surface area contributed by atoms with Gasteiger partial charge in [-0.3, -0.25) is 0 Å². The van der Waals surface area contributed by atoms with E-state index in [9.17, 15) is 0 Å². The number of rotatable bonds is 4. The van der Waals surface area contributed by atoms with E-state index in [1.165, 1.54) is 25.7 Å². The Hall–Kier alpha value is -1.82. The van der Waals surface area contributed by atoms with Gasteiger partial charge in [0.15, 0.2) is 0 Å². The number of hydrogen-bond acceptors (Lipinski definition) is 6. The lowest BCUT2D eigenvalue weighted by molar-refractivity contribution is 0.357. The van der Waals surface area contributed by atoms with Gasteiger partial charge in [-0.1, -0.05) is 18.0 Å². The van der Waals surface area contributed by atoms with Gasteiger partial charge in [0, 0.05) is 18.4 Å². The molecule has 1 aliphatic carbocycles. The van der Waals surface area contributed by atoms with Crippen LogP contribution >= 0.6 is 0 Å². The molecule has 6 nitrogen and oxygen atoms in total. The lowest BCUT2D eigenvalue weighted by Gasteiger charge is -2.08. The highest BCUT2D eigenvalue weighted by molar-refractivity contribution is 5.40. The van der Waals surface area contributed by atoms with E-state index < -0.39 is 0 Å². The zero-order chi connectivity index (χ0) is 12.2. The lowest BCUT2D eigenvalue weighted by atomic mass is 10.2. The van der Waals surface area contributed by atoms with Gasteiger partial charge in [-0.15, -0.1) is 0 Å². The highest BCUT2D eigenvalue weighted by Crippen LogP contribution is 2.18. The smallest absolute Gasteiger partial charge is 0.241 e. The van der Waals surface area contributed by atoms with E-state index in [2.05, 4.69) is 25.4 Å². The van der Waals surface area contributed by atoms with Crippen LogP contribution in [0.4, 0.5) is 0 Å². The maximum atomic E-state index is 5.18. The third-order valence-electron chi connectivity index (χ3n) is 3.13. The molecule has 2 aromatic heterocycles. The van der Waals surface area contributed by atoms with Crippen molar-refractivity contribution < 1.29 is 4.52 Å². The zero-order valence-electron chi connectivity index (χ0n) is 10.0. The molecule has 0 aromatic carbocycles. The van der Waals surface area contributed by atoms with Crippen molar-refractivity contribution in [3.63, 3.8) is 0 Å². The molecular weight excluding hydrogens is 230 g/mol. The first-order valence-electron chi connectivity index (χ1n) is 6.25. The van der Waals surface area contributed by atoms with E-state index in [1.54, 1.807) is 18.5 Å². The molecule has 0 atom stereocenters. The number of nitrogens with zero attached hydrogens (tertiary/aromatic N) is 4. The summed E-state index contributed by atoms with van der Waals surface area (Å²) in [6.45, 7) is 0.616. The van der Waals surface area contributed by atoms with E-state index in [-0.39, 0.29) is 0 Å². The molecule has 1 N–H and O–H groups in total. The lowest BCUT2D eigenvalue weighted by Crippen LogP contribution is -2.25. The third-order valence-corrected chi connectivity index (χ3v) is 3.13. The van der Waals surface area contributed by atoms with Crippen LogP contribution in [0.5, 0.6) is 0 Å². The van der Waals surface area contributed by atoms with Crippen LogP contribution in [-0.2, 0) is 6.54 Å². The Morgan fingerprint density at radius 3 is 2.72 bits per heavy atom. The van der Waals surface area contributed by atoms with Gasteiger partial charge in [0.1, 0.15) is 0 Å². The van der Waals surface area contributed by atoms with Crippen molar-refractivity contribution in [1.29, 1.82) is 0 Å². The van der Waals surface area contributed by atoms with Crippen LogP contribution in [0, 0.1) is 0 Å². The van der Waals surface area contributed by atoms with Crippen LogP contribution in [0.1, 0.15) is 31.6 Å². The Bertz CT molecular complexity index is 492. The monoisotopic (exact) mass is 245 g/mol. The van der Waals surface area contributed by atoms with Crippen LogP contribution in [0.3, 0.4) is 0 Å². The molecule has 0 bridgehead atoms. The SMILES string of the molecule is c1cnc(-c2noc(CNC3CCCC3)n2)nc1. The van der Waals surface area contributed by atoms with Crippen LogP contribution in [0.15, 0.2) is 23.0 Å². The summed E-state index contributed by atoms with van der Waals surface area (Å²) >= 11 is 0. The molecule has 1 aliphatic rings. The highest BCUT2D eigenvalue weighted by atomic mass is 16.5. The van der Waals surface area contributed by atoms with Crippen molar-refractivity contribution in [3.8, 4) is 11.6 Å². The Morgan fingerprint density at radius 2 is 1.94 bits per heavy atom. The van der Waals surface area contributed by atoms with Gasteiger partial charge in [-0.05, 0) is 18.9 Å². The van der Waals surface area contributed by atoms with Crippen molar-refractivity contribution in [2.75, 3.05) is 0 Å². The third kappa shape index (κ3) is 2.53. The maximum Gasteiger partial charge on any atom is 0.241 e. The molecule has 94 valence electrons. The number of aromatic nitrogens is 4. The molecule has 0 aliphatic heterocycles. The number of hydrogen-bond donors (Lipinski definition) is 1. The second-order valence-corrected chi connectivity index (χ2v) is 4.45. The molecule has 0 amide bonds. The van der Waals surface area contributed by atoms with E-state index >= 15 is 0 Å². The Kier molecular flexibility index (Phi) is 3.27. The summed E-state index contributed by atoms with van der Waals surface area (Å²) in [4.78, 5) is 12.4. The van der Waals surface area contributed by atoms with Crippen molar-refractivity contribution in [1.82, 2.24) is 25.4 Å². The summed E-state index contributed by atoms with van der Waals surface area (Å²) in [6, 6.07) is 2.35. The molecule has 0 saturated heterocycles. The fourth-order valence-corrected chi connectivity index (χ4v) is 2.19. The fourth-order valence-electron chi connectivity index (χ4n) is 2.19. The summed E-state index contributed by atoms with van der Waals surface area (Å²) in [5.74, 6) is 1.52. The topological polar surface area (TPSA) is 76.7 Å². The summed E-state index contributed by atoms with van der Waals surface area (Å²) in [6.07, 6.45) is 8.42. The minimum Gasteiger partial charge on any atom is -0.337 e. The first-order valence-corrected chi connectivity index (χ1v) is 6.25. The predicted molar refractivity (Wildman–Crippen MR) is 64.4 cm³/mol. The minimum absolute atomic E-state index is 0.443. The molecule has 0 spiro atoms. The van der Waals surface area contributed by atoms with Gasteiger partial charge in [0.25, 0.3) is 0 Å². The minimum atomic E-state index is 0.443. The average molecular weight is 245 g/mol. The van der Waals surface area contributed by atoms with Gasteiger partial charge in [0.2, 0.25) is 17.5 Å². The second kappa shape index (κ2) is 5.22. The predicted octanol–water partition coefficient (Wildman–Crippen LogP) is 1.56. The number of nitrogens with one attached hydrogen (secondary N) is 1. The molecular formula is C12H15N5O. The highest BCUT2D eigenvalue weighted by Gasteiger charge is 2.16. The molecule has 0 radical (unpaired) electrons. The molecule has 0 unspecified atom stereocenters. The van der Waals surface area contributed by atoms with Gasteiger partial charge < -0.3 is 9.84 Å². The first kappa shape index (κ1) is 11.3. The summed E-state index contributed by atoms with van der Waals surface area (Å²) in [5.41, 5.74) is 0. The van der Waals surface area contributed by atoms with Gasteiger partial charge in [0.05, 0.1) is 6.54 Å². The first-order chi connectivity index (χ1) is 8.92. The Morgan fingerprint density at radius 1 is 1.17 bits per heavy atom. The summed E-state index contributed by atoms with van der Waals surface area (Å²) in [7, 11) is 0. The maximum absolute atomic E-state index is 5.18. The second-order valence-electron chi connectivity index (χ2n) is 4.45. The van der Waals surface area contributed by atoms with Crippen LogP contribution in [0.25, 0.3) is 11.6 Å². The molecule has 3 rings (SSSR count). The summed E-state index contributed by atoms with van der Waals surface area (Å²) in [5, 5.41) is 7.31. The molecule has 6 heteroatoms. The molecule has 2 aromatic rings. The van der Waals surface area contributed by atoms with E-state index in [0.717, 1.165) is 0 Å².